The summed E-state index contributed by atoms with van der Waals surface area (Å²) in [5.74, 6) is -0.355. The van der Waals surface area contributed by atoms with Crippen molar-refractivity contribution in [1.29, 1.82) is 0 Å². The van der Waals surface area contributed by atoms with E-state index < -0.39 is 0 Å². The van der Waals surface area contributed by atoms with Crippen LogP contribution < -0.4 is 10.6 Å². The molecule has 2 rings (SSSR count). The number of nitrogens with one attached hydrogen (secondary N) is 2. The van der Waals surface area contributed by atoms with Crippen LogP contribution in [0.15, 0.2) is 22.7 Å². The first kappa shape index (κ1) is 16.4. The van der Waals surface area contributed by atoms with Gasteiger partial charge in [0.2, 0.25) is 5.91 Å². The first-order chi connectivity index (χ1) is 8.51. The van der Waals surface area contributed by atoms with Crippen LogP contribution >= 0.6 is 28.3 Å². The van der Waals surface area contributed by atoms with E-state index in [0.717, 1.165) is 19.4 Å². The highest BCUT2D eigenvalue weighted by atomic mass is 79.9. The van der Waals surface area contributed by atoms with Crippen molar-refractivity contribution in [3.8, 4) is 0 Å². The molecule has 1 aliphatic heterocycles. The van der Waals surface area contributed by atoms with Crippen LogP contribution in [0, 0.1) is 11.2 Å². The average Bonchev–Trinajstić information content (AvgIpc) is 2.35. The summed E-state index contributed by atoms with van der Waals surface area (Å²) in [6, 6.07) is 4.48. The highest BCUT2D eigenvalue weighted by Crippen LogP contribution is 2.28. The van der Waals surface area contributed by atoms with Crippen molar-refractivity contribution in [2.75, 3.05) is 18.4 Å². The Kier molecular flexibility index (Phi) is 5.77. The maximum Gasteiger partial charge on any atom is 0.231 e. The van der Waals surface area contributed by atoms with Crippen molar-refractivity contribution in [2.45, 2.75) is 19.8 Å². The molecule has 3 nitrogen and oxygen atoms in total. The zero-order valence-electron chi connectivity index (χ0n) is 10.6. The zero-order chi connectivity index (χ0) is 13.2. The second kappa shape index (κ2) is 6.68. The van der Waals surface area contributed by atoms with Gasteiger partial charge in [0.05, 0.1) is 9.89 Å². The average molecular weight is 352 g/mol. The van der Waals surface area contributed by atoms with Crippen molar-refractivity contribution in [1.82, 2.24) is 5.32 Å². The number of carbonyl (C=O) groups excluding carboxylic acids is 1. The van der Waals surface area contributed by atoms with Gasteiger partial charge in [-0.2, -0.15) is 0 Å². The van der Waals surface area contributed by atoms with Crippen LogP contribution in [0.3, 0.4) is 0 Å². The van der Waals surface area contributed by atoms with E-state index in [2.05, 4.69) is 26.6 Å². The summed E-state index contributed by atoms with van der Waals surface area (Å²) in [5, 5.41) is 6.08. The Hall–Kier alpha value is -0.650. The van der Waals surface area contributed by atoms with Crippen molar-refractivity contribution >= 4 is 39.9 Å². The van der Waals surface area contributed by atoms with Crippen molar-refractivity contribution < 1.29 is 9.18 Å². The minimum Gasteiger partial charge on any atom is -0.326 e. The van der Waals surface area contributed by atoms with Gasteiger partial charge < -0.3 is 10.6 Å². The smallest absolute Gasteiger partial charge is 0.231 e. The summed E-state index contributed by atoms with van der Waals surface area (Å²) in [7, 11) is 0. The lowest BCUT2D eigenvalue weighted by molar-refractivity contribution is -0.125. The second-order valence-electron chi connectivity index (χ2n) is 4.92. The molecule has 1 saturated heterocycles. The van der Waals surface area contributed by atoms with E-state index in [-0.39, 0.29) is 29.5 Å². The standard InChI is InChI=1S/C13H16BrFN2O.ClH/c1-13(5-2-6-16-8-13)12(18)17-9-3-4-11(15)10(14)7-9;/h3-4,7,16H,2,5-6,8H2,1H3,(H,17,18);1H. The molecule has 1 heterocycles. The Balaban J connectivity index is 0.00000180. The number of amides is 1. The molecular weight excluding hydrogens is 335 g/mol. The Morgan fingerprint density at radius 2 is 2.26 bits per heavy atom. The van der Waals surface area contributed by atoms with E-state index in [1.165, 1.54) is 6.07 Å². The Bertz CT molecular complexity index is 464. The molecule has 1 aliphatic rings. The normalized spacial score (nSPS) is 22.5. The Morgan fingerprint density at radius 1 is 1.53 bits per heavy atom. The highest BCUT2D eigenvalue weighted by molar-refractivity contribution is 9.10. The number of rotatable bonds is 2. The lowest BCUT2D eigenvalue weighted by Crippen LogP contribution is -2.46. The zero-order valence-corrected chi connectivity index (χ0v) is 13.0. The monoisotopic (exact) mass is 350 g/mol. The SMILES string of the molecule is CC1(C(=O)Nc2ccc(F)c(Br)c2)CCCNC1.Cl. The van der Waals surface area contributed by atoms with E-state index in [9.17, 15) is 9.18 Å². The predicted molar refractivity (Wildman–Crippen MR) is 80.2 cm³/mol. The number of halogens is 3. The number of benzene rings is 1. The quantitative estimate of drug-likeness (QED) is 0.858. The number of hydrogen-bond acceptors (Lipinski definition) is 2. The van der Waals surface area contributed by atoms with E-state index in [1.807, 2.05) is 6.92 Å². The molecule has 1 atom stereocenters. The van der Waals surface area contributed by atoms with Gasteiger partial charge in [0.15, 0.2) is 0 Å². The fourth-order valence-corrected chi connectivity index (χ4v) is 2.48. The highest BCUT2D eigenvalue weighted by Gasteiger charge is 2.34. The van der Waals surface area contributed by atoms with Crippen molar-refractivity contribution in [3.63, 3.8) is 0 Å². The molecule has 0 aliphatic carbocycles. The minimum atomic E-state index is -0.390. The predicted octanol–water partition coefficient (Wildman–Crippen LogP) is 3.34. The number of carbonyl (C=O) groups is 1. The Morgan fingerprint density at radius 3 is 2.84 bits per heavy atom. The minimum absolute atomic E-state index is 0. The molecule has 1 aromatic carbocycles. The fourth-order valence-electron chi connectivity index (χ4n) is 2.11. The molecule has 1 unspecified atom stereocenters. The van der Waals surface area contributed by atoms with E-state index in [1.54, 1.807) is 12.1 Å². The van der Waals surface area contributed by atoms with Crippen LogP contribution in [0.1, 0.15) is 19.8 Å². The summed E-state index contributed by atoms with van der Waals surface area (Å²) >= 11 is 3.11. The maximum atomic E-state index is 13.1. The van der Waals surface area contributed by atoms with Crippen LogP contribution in [-0.4, -0.2) is 19.0 Å². The molecule has 1 aromatic rings. The third kappa shape index (κ3) is 3.91. The molecule has 6 heteroatoms. The van der Waals surface area contributed by atoms with Gasteiger partial charge >= 0.3 is 0 Å². The number of piperidine rings is 1. The summed E-state index contributed by atoms with van der Waals surface area (Å²) in [6.45, 7) is 3.60. The maximum absolute atomic E-state index is 13.1. The molecule has 0 aromatic heterocycles. The van der Waals surface area contributed by atoms with Crippen LogP contribution in [0.5, 0.6) is 0 Å². The molecular formula is C13H17BrClFN2O. The molecule has 1 amide bonds. The number of anilines is 1. The molecule has 0 spiro atoms. The van der Waals surface area contributed by atoms with Gasteiger partial charge in [-0.05, 0) is 60.4 Å². The van der Waals surface area contributed by atoms with E-state index in [4.69, 9.17) is 0 Å². The summed E-state index contributed by atoms with van der Waals surface area (Å²) < 4.78 is 13.5. The van der Waals surface area contributed by atoms with Crippen LogP contribution in [-0.2, 0) is 4.79 Å². The number of hydrogen-bond donors (Lipinski definition) is 2. The summed E-state index contributed by atoms with van der Waals surface area (Å²) in [6.07, 6.45) is 1.87. The topological polar surface area (TPSA) is 41.1 Å². The van der Waals surface area contributed by atoms with Crippen LogP contribution in [0.25, 0.3) is 0 Å². The second-order valence-corrected chi connectivity index (χ2v) is 5.78. The fraction of sp³-hybridized carbons (Fsp3) is 0.462. The van der Waals surface area contributed by atoms with Crippen molar-refractivity contribution in [2.24, 2.45) is 5.41 Å². The summed E-state index contributed by atoms with van der Waals surface area (Å²) in [4.78, 5) is 12.2. The molecule has 0 saturated carbocycles. The molecule has 2 N–H and O–H groups in total. The molecule has 106 valence electrons. The van der Waals surface area contributed by atoms with Gasteiger partial charge in [-0.3, -0.25) is 4.79 Å². The van der Waals surface area contributed by atoms with Gasteiger partial charge in [0, 0.05) is 12.2 Å². The van der Waals surface area contributed by atoms with Gasteiger partial charge in [-0.15, -0.1) is 12.4 Å². The van der Waals surface area contributed by atoms with E-state index >= 15 is 0 Å². The first-order valence-corrected chi connectivity index (χ1v) is 6.78. The third-order valence-electron chi connectivity index (χ3n) is 3.32. The van der Waals surface area contributed by atoms with Crippen LogP contribution in [0.4, 0.5) is 10.1 Å². The van der Waals surface area contributed by atoms with Crippen LogP contribution in [0.2, 0.25) is 0 Å². The first-order valence-electron chi connectivity index (χ1n) is 5.98. The molecule has 1 fully saturated rings. The Labute approximate surface area is 126 Å². The van der Waals surface area contributed by atoms with Gasteiger partial charge in [-0.25, -0.2) is 4.39 Å². The lowest BCUT2D eigenvalue weighted by atomic mass is 9.82. The van der Waals surface area contributed by atoms with Gasteiger partial charge in [0.25, 0.3) is 0 Å². The summed E-state index contributed by atoms with van der Waals surface area (Å²) in [5.41, 5.74) is 0.221. The molecule has 0 bridgehead atoms. The molecule has 0 radical (unpaired) electrons. The third-order valence-corrected chi connectivity index (χ3v) is 3.93. The van der Waals surface area contributed by atoms with Crippen molar-refractivity contribution in [3.05, 3.63) is 28.5 Å². The van der Waals surface area contributed by atoms with Gasteiger partial charge in [0.1, 0.15) is 5.82 Å². The van der Waals surface area contributed by atoms with E-state index in [0.29, 0.717) is 16.7 Å². The largest absolute Gasteiger partial charge is 0.326 e. The van der Waals surface area contributed by atoms with Gasteiger partial charge in [-0.1, -0.05) is 0 Å². The molecule has 19 heavy (non-hydrogen) atoms. The lowest BCUT2D eigenvalue weighted by Gasteiger charge is -2.32.